The molecule has 2 heteroatoms. The predicted octanol–water partition coefficient (Wildman–Crippen LogP) is 2.70. The van der Waals surface area contributed by atoms with Crippen LogP contribution in [0.3, 0.4) is 0 Å². The van der Waals surface area contributed by atoms with Crippen molar-refractivity contribution in [2.24, 2.45) is 0 Å². The molecule has 2 nitrogen and oxygen atoms in total. The van der Waals surface area contributed by atoms with Crippen molar-refractivity contribution in [1.82, 2.24) is 10.3 Å². The van der Waals surface area contributed by atoms with E-state index in [2.05, 4.69) is 34.6 Å². The summed E-state index contributed by atoms with van der Waals surface area (Å²) >= 11 is 0. The van der Waals surface area contributed by atoms with Gasteiger partial charge in [0.25, 0.3) is 0 Å². The molecule has 82 valence electrons. The van der Waals surface area contributed by atoms with Crippen LogP contribution in [0.4, 0.5) is 0 Å². The van der Waals surface area contributed by atoms with Gasteiger partial charge in [-0.3, -0.25) is 4.98 Å². The minimum absolute atomic E-state index is 0.632. The van der Waals surface area contributed by atoms with Crippen LogP contribution in [0.5, 0.6) is 0 Å². The summed E-state index contributed by atoms with van der Waals surface area (Å²) < 4.78 is 0. The Balaban J connectivity index is 2.08. The molecule has 0 radical (unpaired) electrons. The highest BCUT2D eigenvalue weighted by atomic mass is 14.9. The van der Waals surface area contributed by atoms with Gasteiger partial charge in [-0.2, -0.15) is 0 Å². The quantitative estimate of drug-likeness (QED) is 0.786. The molecule has 0 aliphatic carbocycles. The molecule has 1 aromatic heterocycles. The molecule has 0 amide bonds. The van der Waals surface area contributed by atoms with Crippen molar-refractivity contribution in [1.29, 1.82) is 0 Å². The van der Waals surface area contributed by atoms with Gasteiger partial charge in [-0.25, -0.2) is 0 Å². The third kappa shape index (κ3) is 1.69. The van der Waals surface area contributed by atoms with Gasteiger partial charge in [0.05, 0.1) is 0 Å². The first-order chi connectivity index (χ1) is 7.95. The third-order valence-corrected chi connectivity index (χ3v) is 3.44. The minimum Gasteiger partial charge on any atom is -0.316 e. The normalized spacial score (nSPS) is 21.1. The molecule has 0 spiro atoms. The maximum atomic E-state index is 4.36. The van der Waals surface area contributed by atoms with Crippen LogP contribution in [0, 0.1) is 0 Å². The van der Waals surface area contributed by atoms with E-state index >= 15 is 0 Å². The Morgan fingerprint density at radius 2 is 2.12 bits per heavy atom. The van der Waals surface area contributed by atoms with Crippen LogP contribution in [0.1, 0.15) is 24.3 Å². The first-order valence-corrected chi connectivity index (χ1v) is 5.98. The standard InChI is InChI=1S/C14H16N2/c1-2-6-13-11(4-1)9-16-10-14(13)12-5-3-7-15-8-12/h1-2,4,6,9-10,12,15H,3,5,7-8H2. The predicted molar refractivity (Wildman–Crippen MR) is 66.6 cm³/mol. The van der Waals surface area contributed by atoms with Crippen molar-refractivity contribution in [2.45, 2.75) is 18.8 Å². The fraction of sp³-hybridized carbons (Fsp3) is 0.357. The zero-order valence-corrected chi connectivity index (χ0v) is 9.32. The van der Waals surface area contributed by atoms with Crippen LogP contribution in [-0.2, 0) is 0 Å². The summed E-state index contributed by atoms with van der Waals surface area (Å²) in [6.45, 7) is 2.25. The highest BCUT2D eigenvalue weighted by molar-refractivity contribution is 5.85. The Kier molecular flexibility index (Phi) is 2.58. The molecule has 1 unspecified atom stereocenters. The number of pyridine rings is 1. The van der Waals surface area contributed by atoms with Gasteiger partial charge in [-0.05, 0) is 36.3 Å². The average Bonchev–Trinajstić information content (AvgIpc) is 2.39. The van der Waals surface area contributed by atoms with Crippen molar-refractivity contribution in [2.75, 3.05) is 13.1 Å². The first kappa shape index (κ1) is 9.79. The van der Waals surface area contributed by atoms with Crippen molar-refractivity contribution in [3.05, 3.63) is 42.2 Å². The SMILES string of the molecule is c1ccc2c(C3CCCNC3)cncc2c1. The van der Waals surface area contributed by atoms with Gasteiger partial charge in [0.15, 0.2) is 0 Å². The van der Waals surface area contributed by atoms with Gasteiger partial charge in [0, 0.05) is 24.3 Å². The van der Waals surface area contributed by atoms with Crippen LogP contribution >= 0.6 is 0 Å². The van der Waals surface area contributed by atoms with Crippen molar-refractivity contribution in [3.63, 3.8) is 0 Å². The summed E-state index contributed by atoms with van der Waals surface area (Å²) in [6, 6.07) is 8.54. The number of nitrogens with one attached hydrogen (secondary N) is 1. The number of hydrogen-bond donors (Lipinski definition) is 1. The lowest BCUT2D eigenvalue weighted by Gasteiger charge is -2.23. The Labute approximate surface area is 95.7 Å². The zero-order chi connectivity index (χ0) is 10.8. The molecule has 3 rings (SSSR count). The molecule has 1 aliphatic rings. The van der Waals surface area contributed by atoms with Crippen LogP contribution in [0.2, 0.25) is 0 Å². The van der Waals surface area contributed by atoms with Crippen LogP contribution in [-0.4, -0.2) is 18.1 Å². The lowest BCUT2D eigenvalue weighted by molar-refractivity contribution is 0.463. The molecular formula is C14H16N2. The van der Waals surface area contributed by atoms with E-state index in [0.29, 0.717) is 5.92 Å². The molecule has 2 aromatic rings. The smallest absolute Gasteiger partial charge is 0.0346 e. The molecule has 1 N–H and O–H groups in total. The van der Waals surface area contributed by atoms with E-state index in [1.807, 2.05) is 12.4 Å². The van der Waals surface area contributed by atoms with E-state index in [4.69, 9.17) is 0 Å². The molecular weight excluding hydrogens is 196 g/mol. The van der Waals surface area contributed by atoms with Crippen molar-refractivity contribution in [3.8, 4) is 0 Å². The van der Waals surface area contributed by atoms with Crippen LogP contribution in [0.25, 0.3) is 10.8 Å². The number of benzene rings is 1. The maximum absolute atomic E-state index is 4.36. The van der Waals surface area contributed by atoms with Crippen LogP contribution in [0.15, 0.2) is 36.7 Å². The monoisotopic (exact) mass is 212 g/mol. The van der Waals surface area contributed by atoms with Gasteiger partial charge < -0.3 is 5.32 Å². The number of fused-ring (bicyclic) bond motifs is 1. The molecule has 16 heavy (non-hydrogen) atoms. The number of nitrogens with zero attached hydrogens (tertiary/aromatic N) is 1. The van der Waals surface area contributed by atoms with E-state index in [9.17, 15) is 0 Å². The molecule has 1 fully saturated rings. The summed E-state index contributed by atoms with van der Waals surface area (Å²) in [5, 5.41) is 6.09. The number of aromatic nitrogens is 1. The fourth-order valence-electron chi connectivity index (χ4n) is 2.58. The molecule has 1 atom stereocenters. The lowest BCUT2D eigenvalue weighted by Crippen LogP contribution is -2.28. The van der Waals surface area contributed by atoms with E-state index in [-0.39, 0.29) is 0 Å². The third-order valence-electron chi connectivity index (χ3n) is 3.44. The summed E-state index contributed by atoms with van der Waals surface area (Å²) in [5.41, 5.74) is 1.41. The van der Waals surface area contributed by atoms with Crippen molar-refractivity contribution < 1.29 is 0 Å². The number of piperidine rings is 1. The Hall–Kier alpha value is -1.41. The second-order valence-electron chi connectivity index (χ2n) is 4.49. The van der Waals surface area contributed by atoms with Gasteiger partial charge in [0.1, 0.15) is 0 Å². The van der Waals surface area contributed by atoms with E-state index in [0.717, 1.165) is 13.1 Å². The first-order valence-electron chi connectivity index (χ1n) is 5.98. The Morgan fingerprint density at radius 3 is 3.00 bits per heavy atom. The van der Waals surface area contributed by atoms with Crippen molar-refractivity contribution >= 4 is 10.8 Å². The minimum atomic E-state index is 0.632. The largest absolute Gasteiger partial charge is 0.316 e. The highest BCUT2D eigenvalue weighted by Gasteiger charge is 2.17. The molecule has 2 heterocycles. The topological polar surface area (TPSA) is 24.9 Å². The van der Waals surface area contributed by atoms with Crippen LogP contribution < -0.4 is 5.32 Å². The maximum Gasteiger partial charge on any atom is 0.0346 e. The fourth-order valence-corrected chi connectivity index (χ4v) is 2.58. The van der Waals surface area contributed by atoms with Gasteiger partial charge >= 0.3 is 0 Å². The molecule has 0 saturated carbocycles. The average molecular weight is 212 g/mol. The second kappa shape index (κ2) is 4.22. The summed E-state index contributed by atoms with van der Waals surface area (Å²) in [6.07, 6.45) is 6.55. The number of rotatable bonds is 1. The summed E-state index contributed by atoms with van der Waals surface area (Å²) in [4.78, 5) is 4.36. The van der Waals surface area contributed by atoms with E-state index in [1.165, 1.54) is 29.2 Å². The molecule has 1 aromatic carbocycles. The molecule has 1 aliphatic heterocycles. The second-order valence-corrected chi connectivity index (χ2v) is 4.49. The lowest BCUT2D eigenvalue weighted by atomic mass is 9.90. The Morgan fingerprint density at radius 1 is 1.19 bits per heavy atom. The van der Waals surface area contributed by atoms with E-state index in [1.54, 1.807) is 0 Å². The summed E-state index contributed by atoms with van der Waals surface area (Å²) in [7, 11) is 0. The highest BCUT2D eigenvalue weighted by Crippen LogP contribution is 2.28. The zero-order valence-electron chi connectivity index (χ0n) is 9.32. The Bertz CT molecular complexity index is 482. The number of hydrogen-bond acceptors (Lipinski definition) is 2. The summed E-state index contributed by atoms with van der Waals surface area (Å²) in [5.74, 6) is 0.632. The van der Waals surface area contributed by atoms with E-state index < -0.39 is 0 Å². The van der Waals surface area contributed by atoms with Gasteiger partial charge in [0.2, 0.25) is 0 Å². The molecule has 0 bridgehead atoms. The molecule has 1 saturated heterocycles. The van der Waals surface area contributed by atoms with Gasteiger partial charge in [-0.1, -0.05) is 24.3 Å². The van der Waals surface area contributed by atoms with Gasteiger partial charge in [-0.15, -0.1) is 0 Å².